The van der Waals surface area contributed by atoms with Crippen molar-refractivity contribution in [2.75, 3.05) is 6.61 Å². The molecule has 0 amide bonds. The number of hydrogen-bond donors (Lipinski definition) is 4. The average Bonchev–Trinajstić information content (AvgIpc) is 3.41. The van der Waals surface area contributed by atoms with Gasteiger partial charge in [0.2, 0.25) is 12.1 Å². The number of aliphatic hydroxyl groups is 4. The highest BCUT2D eigenvalue weighted by molar-refractivity contribution is 5.85. The van der Waals surface area contributed by atoms with Crippen molar-refractivity contribution < 1.29 is 49.0 Å². The van der Waals surface area contributed by atoms with E-state index in [9.17, 15) is 30.0 Å². The Morgan fingerprint density at radius 3 is 2.51 bits per heavy atom. The molecule has 0 aromatic rings. The van der Waals surface area contributed by atoms with Gasteiger partial charge in [0.05, 0.1) is 30.0 Å². The van der Waals surface area contributed by atoms with Crippen molar-refractivity contribution in [2.24, 2.45) is 34.5 Å². The molecule has 10 nitrogen and oxygen atoms in total. The molecule has 3 heterocycles. The van der Waals surface area contributed by atoms with E-state index in [2.05, 4.69) is 0 Å². The number of carbonyl (C=O) groups excluding carboxylic acids is 2. The van der Waals surface area contributed by atoms with Crippen LogP contribution in [0.1, 0.15) is 65.2 Å². The average molecular weight is 549 g/mol. The molecular weight excluding hydrogens is 508 g/mol. The molecule has 0 spiro atoms. The van der Waals surface area contributed by atoms with Crippen molar-refractivity contribution in [2.45, 2.75) is 113 Å². The van der Waals surface area contributed by atoms with E-state index in [1.54, 1.807) is 6.92 Å². The van der Waals surface area contributed by atoms with Crippen molar-refractivity contribution >= 4 is 12.3 Å². The fourth-order valence-electron chi connectivity index (χ4n) is 10.2. The Kier molecular flexibility index (Phi) is 5.82. The topological polar surface area (TPSA) is 152 Å². The Hall–Kier alpha value is -1.40. The first-order valence-corrected chi connectivity index (χ1v) is 14.6. The first kappa shape index (κ1) is 26.5. The third kappa shape index (κ3) is 3.34. The second kappa shape index (κ2) is 8.56. The standard InChI is InChI=1S/C29H40O10/c1-14-7-23(32)29(35)25(37-14)38-21-11-27(13-30)16(9-20(21)39-29)3-4-18-17(27)5-6-26(2)19(10-22(31)28(18,26)34)15-8-24(33)36-12-15/h8,13-14,16-23,25,31-32,34-35H,3-7,9-12H2,1-2H3/t14-,16+,17+,18-,19-,20-,21-,22-,23-,25+,26-,27-,28-,29+/m1/s1. The fourth-order valence-corrected chi connectivity index (χ4v) is 10.2. The lowest BCUT2D eigenvalue weighted by Crippen LogP contribution is -2.71. The van der Waals surface area contributed by atoms with Crippen molar-refractivity contribution in [1.82, 2.24) is 0 Å². The maximum atomic E-state index is 13.1. The molecule has 0 aromatic carbocycles. The zero-order valence-corrected chi connectivity index (χ0v) is 22.5. The molecule has 0 aromatic heterocycles. The second-order valence-electron chi connectivity index (χ2n) is 13.7. The highest BCUT2D eigenvalue weighted by Crippen LogP contribution is 2.70. The van der Waals surface area contributed by atoms with Gasteiger partial charge in [-0.3, -0.25) is 0 Å². The number of aliphatic hydroxyl groups excluding tert-OH is 2. The number of hydrogen-bond acceptors (Lipinski definition) is 10. The van der Waals surface area contributed by atoms with Crippen molar-refractivity contribution in [3.05, 3.63) is 11.6 Å². The molecule has 10 heteroatoms. The number of rotatable bonds is 2. The van der Waals surface area contributed by atoms with Crippen LogP contribution in [0.2, 0.25) is 0 Å². The maximum absolute atomic E-state index is 13.1. The first-order valence-electron chi connectivity index (χ1n) is 14.6. The SMILES string of the molecule is C[C@@H]1C[C@@H](O)[C@]2(O)O[C@@H]3C[C@@H]4CC[C@@H]5[C@H](CC[C@]6(C)[C@@H](C7=CC(=O)OC7)C[C@@H](O)[C@]56O)[C@@]4(C=O)C[C@H]3O[C@@H]2O1. The summed E-state index contributed by atoms with van der Waals surface area (Å²) in [6, 6.07) is 0. The minimum absolute atomic E-state index is 0.0345. The van der Waals surface area contributed by atoms with Crippen LogP contribution in [0.5, 0.6) is 0 Å². The van der Waals surface area contributed by atoms with Crippen molar-refractivity contribution in [1.29, 1.82) is 0 Å². The van der Waals surface area contributed by atoms with E-state index < -0.39 is 52.9 Å². The Balaban J connectivity index is 1.20. The van der Waals surface area contributed by atoms with E-state index in [4.69, 9.17) is 18.9 Å². The molecule has 0 radical (unpaired) electrons. The van der Waals surface area contributed by atoms with Gasteiger partial charge in [0, 0.05) is 23.3 Å². The Bertz CT molecular complexity index is 1090. The monoisotopic (exact) mass is 548 g/mol. The molecule has 4 aliphatic carbocycles. The van der Waals surface area contributed by atoms with Gasteiger partial charge in [0.25, 0.3) is 0 Å². The minimum atomic E-state index is -1.95. The number of aldehydes is 1. The predicted octanol–water partition coefficient (Wildman–Crippen LogP) is 0.972. The summed E-state index contributed by atoms with van der Waals surface area (Å²) in [4.78, 5) is 25.0. The van der Waals surface area contributed by atoms with Crippen LogP contribution in [0.3, 0.4) is 0 Å². The second-order valence-corrected chi connectivity index (χ2v) is 13.7. The predicted molar refractivity (Wildman–Crippen MR) is 133 cm³/mol. The molecule has 7 aliphatic rings. The fraction of sp³-hybridized carbons (Fsp3) is 0.862. The maximum Gasteiger partial charge on any atom is 0.331 e. The number of fused-ring (bicyclic) bond motifs is 7. The lowest BCUT2D eigenvalue weighted by molar-refractivity contribution is -0.457. The highest BCUT2D eigenvalue weighted by Gasteiger charge is 2.73. The van der Waals surface area contributed by atoms with E-state index >= 15 is 0 Å². The van der Waals surface area contributed by atoms with E-state index in [1.807, 2.05) is 6.92 Å². The van der Waals surface area contributed by atoms with Crippen LogP contribution >= 0.6 is 0 Å². The van der Waals surface area contributed by atoms with Crippen molar-refractivity contribution in [3.8, 4) is 0 Å². The molecule has 4 N–H and O–H groups in total. The largest absolute Gasteiger partial charge is 0.458 e. The third-order valence-corrected chi connectivity index (χ3v) is 12.2. The molecule has 216 valence electrons. The number of carbonyl (C=O) groups is 2. The van der Waals surface area contributed by atoms with Gasteiger partial charge in [0.15, 0.2) is 0 Å². The van der Waals surface area contributed by atoms with Crippen LogP contribution in [0.4, 0.5) is 0 Å². The van der Waals surface area contributed by atoms with Crippen LogP contribution in [0.15, 0.2) is 11.6 Å². The molecule has 14 atom stereocenters. The summed E-state index contributed by atoms with van der Waals surface area (Å²) in [5, 5.41) is 45.7. The summed E-state index contributed by atoms with van der Waals surface area (Å²) in [7, 11) is 0. The lowest BCUT2D eigenvalue weighted by Gasteiger charge is -2.65. The van der Waals surface area contributed by atoms with Crippen LogP contribution in [-0.4, -0.2) is 87.5 Å². The van der Waals surface area contributed by atoms with Gasteiger partial charge in [-0.25, -0.2) is 4.79 Å². The third-order valence-electron chi connectivity index (χ3n) is 12.2. The molecule has 39 heavy (non-hydrogen) atoms. The molecule has 2 saturated heterocycles. The normalized spacial score (nSPS) is 58.2. The molecule has 4 saturated carbocycles. The molecule has 3 aliphatic heterocycles. The van der Waals surface area contributed by atoms with Gasteiger partial charge in [-0.15, -0.1) is 0 Å². The molecule has 0 unspecified atom stereocenters. The van der Waals surface area contributed by atoms with Crippen LogP contribution in [-0.2, 0) is 28.5 Å². The summed E-state index contributed by atoms with van der Waals surface area (Å²) in [5.41, 5.74) is -1.99. The van der Waals surface area contributed by atoms with E-state index in [0.29, 0.717) is 44.9 Å². The first-order chi connectivity index (χ1) is 18.5. The molecule has 0 bridgehead atoms. The summed E-state index contributed by atoms with van der Waals surface area (Å²) in [6.07, 6.45) is 2.09. The summed E-state index contributed by atoms with van der Waals surface area (Å²) in [6.45, 7) is 4.02. The van der Waals surface area contributed by atoms with Crippen LogP contribution in [0, 0.1) is 34.5 Å². The van der Waals surface area contributed by atoms with Crippen LogP contribution in [0.25, 0.3) is 0 Å². The zero-order chi connectivity index (χ0) is 27.5. The van der Waals surface area contributed by atoms with Crippen molar-refractivity contribution in [3.63, 3.8) is 0 Å². The molecule has 7 rings (SSSR count). The smallest absolute Gasteiger partial charge is 0.331 e. The van der Waals surface area contributed by atoms with Gasteiger partial charge < -0.3 is 44.2 Å². The van der Waals surface area contributed by atoms with E-state index in [-0.39, 0.29) is 48.8 Å². The highest BCUT2D eigenvalue weighted by atomic mass is 16.8. The molecular formula is C29H40O10. The quantitative estimate of drug-likeness (QED) is 0.223. The Morgan fingerprint density at radius 1 is 1.00 bits per heavy atom. The summed E-state index contributed by atoms with van der Waals surface area (Å²) in [5.74, 6) is -2.98. The van der Waals surface area contributed by atoms with Gasteiger partial charge >= 0.3 is 5.97 Å². The minimum Gasteiger partial charge on any atom is -0.458 e. The van der Waals surface area contributed by atoms with Gasteiger partial charge in [-0.1, -0.05) is 6.92 Å². The number of ether oxygens (including phenoxy) is 4. The lowest BCUT2D eigenvalue weighted by atomic mass is 9.42. The van der Waals surface area contributed by atoms with E-state index in [0.717, 1.165) is 11.9 Å². The summed E-state index contributed by atoms with van der Waals surface area (Å²) < 4.78 is 23.4. The number of esters is 1. The van der Waals surface area contributed by atoms with Gasteiger partial charge in [-0.05, 0) is 81.1 Å². The zero-order valence-electron chi connectivity index (χ0n) is 22.5. The Morgan fingerprint density at radius 2 is 1.79 bits per heavy atom. The van der Waals surface area contributed by atoms with Gasteiger partial charge in [0.1, 0.15) is 19.0 Å². The summed E-state index contributed by atoms with van der Waals surface area (Å²) >= 11 is 0. The molecule has 6 fully saturated rings. The van der Waals surface area contributed by atoms with Crippen LogP contribution < -0.4 is 0 Å². The van der Waals surface area contributed by atoms with E-state index in [1.165, 1.54) is 6.08 Å². The van der Waals surface area contributed by atoms with Gasteiger partial charge in [-0.2, -0.15) is 0 Å². The Labute approximate surface area is 227 Å². The number of cyclic esters (lactones) is 1.